The molecule has 6 nitrogen and oxygen atoms in total. The number of rotatable bonds is 9. The fraction of sp³-hybridized carbons (Fsp3) is 0.381. The van der Waals surface area contributed by atoms with E-state index < -0.39 is 0 Å². The van der Waals surface area contributed by atoms with E-state index in [-0.39, 0.29) is 5.78 Å². The zero-order chi connectivity index (χ0) is 21.0. The second kappa shape index (κ2) is 9.56. The lowest BCUT2D eigenvalue weighted by molar-refractivity contribution is 0.102. The number of Topliss-reactive ketones (excluding diaryl/α,β-unsaturated/α-hetero) is 1. The van der Waals surface area contributed by atoms with Crippen LogP contribution < -0.4 is 5.32 Å². The smallest absolute Gasteiger partial charge is 0.210 e. The van der Waals surface area contributed by atoms with Crippen molar-refractivity contribution >= 4 is 39.7 Å². The highest BCUT2D eigenvalue weighted by atomic mass is 32.2. The number of nitrogens with zero attached hydrogens (tertiary/aromatic N) is 3. The summed E-state index contributed by atoms with van der Waals surface area (Å²) in [6.07, 6.45) is 0. The van der Waals surface area contributed by atoms with Crippen LogP contribution in [0.2, 0.25) is 0 Å². The first-order valence-electron chi connectivity index (χ1n) is 9.38. The number of methoxy groups -OCH3 is 1. The summed E-state index contributed by atoms with van der Waals surface area (Å²) in [4.78, 5) is 12.7. The Morgan fingerprint density at radius 2 is 1.97 bits per heavy atom. The third-order valence-electron chi connectivity index (χ3n) is 4.88. The van der Waals surface area contributed by atoms with Crippen LogP contribution in [0.5, 0.6) is 0 Å². The fourth-order valence-electron chi connectivity index (χ4n) is 3.08. The first-order valence-corrected chi connectivity index (χ1v) is 11.2. The van der Waals surface area contributed by atoms with Gasteiger partial charge in [-0.3, -0.25) is 4.79 Å². The van der Waals surface area contributed by atoms with Gasteiger partial charge >= 0.3 is 0 Å². The van der Waals surface area contributed by atoms with Gasteiger partial charge in [-0.25, -0.2) is 0 Å². The molecule has 0 spiro atoms. The molecule has 154 valence electrons. The van der Waals surface area contributed by atoms with Gasteiger partial charge in [0, 0.05) is 36.3 Å². The van der Waals surface area contributed by atoms with Crippen LogP contribution >= 0.6 is 23.1 Å². The Morgan fingerprint density at radius 1 is 1.17 bits per heavy atom. The number of carbonyl (C=O) groups excluding carboxylic acids is 1. The average molecular weight is 431 g/mol. The van der Waals surface area contributed by atoms with Crippen molar-refractivity contribution < 1.29 is 9.53 Å². The summed E-state index contributed by atoms with van der Waals surface area (Å²) >= 11 is 2.88. The molecule has 0 amide bonds. The number of hydrogen-bond donors (Lipinski definition) is 1. The Balaban J connectivity index is 1.60. The molecule has 2 aromatic heterocycles. The van der Waals surface area contributed by atoms with Gasteiger partial charge in [0.2, 0.25) is 5.13 Å². The van der Waals surface area contributed by atoms with Crippen molar-refractivity contribution in [2.75, 3.05) is 24.8 Å². The van der Waals surface area contributed by atoms with Gasteiger partial charge < -0.3 is 14.6 Å². The molecular weight excluding hydrogens is 404 g/mol. The van der Waals surface area contributed by atoms with Crippen LogP contribution in [0.3, 0.4) is 0 Å². The average Bonchev–Trinajstić information content (AvgIpc) is 3.25. The Morgan fingerprint density at radius 3 is 2.69 bits per heavy atom. The Hall–Kier alpha value is -2.16. The van der Waals surface area contributed by atoms with Crippen LogP contribution in [0.25, 0.3) is 0 Å². The summed E-state index contributed by atoms with van der Waals surface area (Å²) in [7, 11) is 1.68. The Kier molecular flexibility index (Phi) is 7.10. The summed E-state index contributed by atoms with van der Waals surface area (Å²) in [6, 6.07) is 8.16. The molecule has 3 rings (SSSR count). The van der Waals surface area contributed by atoms with Crippen molar-refractivity contribution in [3.63, 3.8) is 0 Å². The first kappa shape index (κ1) is 21.5. The molecule has 1 N–H and O–H groups in total. The van der Waals surface area contributed by atoms with Gasteiger partial charge in [0.05, 0.1) is 12.4 Å². The third-order valence-corrected chi connectivity index (χ3v) is 6.86. The van der Waals surface area contributed by atoms with E-state index in [2.05, 4.69) is 46.1 Å². The normalized spacial score (nSPS) is 11.1. The molecule has 0 radical (unpaired) electrons. The largest absolute Gasteiger partial charge is 0.383 e. The van der Waals surface area contributed by atoms with Crippen molar-refractivity contribution in [3.8, 4) is 0 Å². The van der Waals surface area contributed by atoms with E-state index in [1.165, 1.54) is 34.2 Å². The van der Waals surface area contributed by atoms with Crippen LogP contribution in [0.15, 0.2) is 28.6 Å². The predicted octanol–water partition coefficient (Wildman–Crippen LogP) is 4.94. The molecule has 0 aliphatic heterocycles. The van der Waals surface area contributed by atoms with Crippen molar-refractivity contribution in [2.45, 2.75) is 38.6 Å². The molecule has 2 heterocycles. The second-order valence-corrected chi connectivity index (χ2v) is 9.14. The van der Waals surface area contributed by atoms with Crippen molar-refractivity contribution in [1.29, 1.82) is 0 Å². The van der Waals surface area contributed by atoms with Crippen molar-refractivity contribution in [2.24, 2.45) is 0 Å². The summed E-state index contributed by atoms with van der Waals surface area (Å²) in [5, 5.41) is 12.4. The zero-order valence-corrected chi connectivity index (χ0v) is 19.0. The van der Waals surface area contributed by atoms with Gasteiger partial charge in [-0.15, -0.1) is 10.2 Å². The molecule has 0 aliphatic carbocycles. The highest BCUT2D eigenvalue weighted by Crippen LogP contribution is 2.29. The third kappa shape index (κ3) is 5.26. The maximum atomic E-state index is 12.7. The standard InChI is InChI=1S/C21H26N4O2S2/c1-13-6-7-17(10-14(13)2)22-20-23-24-21(29-20)28-12-19(26)18-11-15(3)25(16(18)4)8-9-27-5/h6-7,10-11H,8-9,12H2,1-5H3,(H,22,23). The minimum atomic E-state index is 0.102. The number of thioether (sulfide) groups is 1. The number of benzene rings is 1. The van der Waals surface area contributed by atoms with Crippen LogP contribution in [-0.2, 0) is 11.3 Å². The van der Waals surface area contributed by atoms with Crippen LogP contribution in [0.4, 0.5) is 10.8 Å². The summed E-state index contributed by atoms with van der Waals surface area (Å²) in [5.41, 5.74) is 6.29. The quantitative estimate of drug-likeness (QED) is 0.383. The number of ketones is 1. The molecule has 29 heavy (non-hydrogen) atoms. The fourth-order valence-corrected chi connectivity index (χ4v) is 4.73. The molecular formula is C21H26N4O2S2. The zero-order valence-electron chi connectivity index (χ0n) is 17.4. The molecule has 0 bridgehead atoms. The van der Waals surface area contributed by atoms with Gasteiger partial charge in [0.15, 0.2) is 10.1 Å². The molecule has 0 aliphatic rings. The Labute approximate surface area is 179 Å². The highest BCUT2D eigenvalue weighted by Gasteiger charge is 2.17. The van der Waals surface area contributed by atoms with Gasteiger partial charge in [-0.05, 0) is 57.0 Å². The maximum absolute atomic E-state index is 12.7. The van der Waals surface area contributed by atoms with E-state index in [0.29, 0.717) is 12.4 Å². The predicted molar refractivity (Wildman–Crippen MR) is 120 cm³/mol. The monoisotopic (exact) mass is 430 g/mol. The van der Waals surface area contributed by atoms with E-state index in [0.717, 1.165) is 38.7 Å². The van der Waals surface area contributed by atoms with Crippen molar-refractivity contribution in [3.05, 3.63) is 52.3 Å². The van der Waals surface area contributed by atoms with E-state index in [1.54, 1.807) is 7.11 Å². The summed E-state index contributed by atoms with van der Waals surface area (Å²) in [5.74, 6) is 0.443. The Bertz CT molecular complexity index is 1010. The van der Waals surface area contributed by atoms with Gasteiger partial charge in [-0.1, -0.05) is 29.2 Å². The molecule has 0 fully saturated rings. The van der Waals surface area contributed by atoms with Crippen LogP contribution in [0.1, 0.15) is 32.9 Å². The molecule has 0 unspecified atom stereocenters. The van der Waals surface area contributed by atoms with Crippen LogP contribution in [0, 0.1) is 27.7 Å². The van der Waals surface area contributed by atoms with Crippen molar-refractivity contribution in [1.82, 2.24) is 14.8 Å². The number of ether oxygens (including phenoxy) is 1. The minimum absolute atomic E-state index is 0.102. The number of nitrogens with one attached hydrogen (secondary N) is 1. The lowest BCUT2D eigenvalue weighted by Gasteiger charge is -2.08. The molecule has 0 saturated heterocycles. The number of aromatic nitrogens is 3. The number of aryl methyl sites for hydroxylation is 3. The van der Waals surface area contributed by atoms with E-state index in [4.69, 9.17) is 4.74 Å². The van der Waals surface area contributed by atoms with Gasteiger partial charge in [0.1, 0.15) is 0 Å². The minimum Gasteiger partial charge on any atom is -0.383 e. The topological polar surface area (TPSA) is 69.0 Å². The number of carbonyl (C=O) groups is 1. The maximum Gasteiger partial charge on any atom is 0.210 e. The van der Waals surface area contributed by atoms with E-state index >= 15 is 0 Å². The van der Waals surface area contributed by atoms with Gasteiger partial charge in [-0.2, -0.15) is 0 Å². The number of hydrogen-bond acceptors (Lipinski definition) is 7. The SMILES string of the molecule is COCCn1c(C)cc(C(=O)CSc2nnc(Nc3ccc(C)c(C)c3)s2)c1C. The highest BCUT2D eigenvalue weighted by molar-refractivity contribution is 8.01. The lowest BCUT2D eigenvalue weighted by atomic mass is 10.1. The molecule has 8 heteroatoms. The number of anilines is 2. The lowest BCUT2D eigenvalue weighted by Crippen LogP contribution is -2.09. The first-order chi connectivity index (χ1) is 13.9. The second-order valence-electron chi connectivity index (χ2n) is 6.94. The van der Waals surface area contributed by atoms with E-state index in [1.807, 2.05) is 26.0 Å². The van der Waals surface area contributed by atoms with Crippen LogP contribution in [-0.4, -0.2) is 40.0 Å². The summed E-state index contributed by atoms with van der Waals surface area (Å²) < 4.78 is 8.06. The molecule has 3 aromatic rings. The summed E-state index contributed by atoms with van der Waals surface area (Å²) in [6.45, 7) is 9.54. The van der Waals surface area contributed by atoms with E-state index in [9.17, 15) is 4.79 Å². The molecule has 0 saturated carbocycles. The van der Waals surface area contributed by atoms with Gasteiger partial charge in [0.25, 0.3) is 0 Å². The molecule has 1 aromatic carbocycles. The molecule has 0 atom stereocenters.